The normalized spacial score (nSPS) is 15.5. The smallest absolute Gasteiger partial charge is 0.276 e. The van der Waals surface area contributed by atoms with Crippen molar-refractivity contribution < 1.29 is 4.79 Å². The van der Waals surface area contributed by atoms with Crippen molar-refractivity contribution >= 4 is 58.4 Å². The first-order chi connectivity index (χ1) is 11.0. The first-order valence-corrected chi connectivity index (χ1v) is 7.74. The number of hydrogen-bond acceptors (Lipinski definition) is 3. The van der Waals surface area contributed by atoms with E-state index in [2.05, 4.69) is 15.6 Å². The number of nitrogens with one attached hydrogen (secondary N) is 2. The van der Waals surface area contributed by atoms with Gasteiger partial charge in [0.15, 0.2) is 0 Å². The number of nitrogens with zero attached hydrogens (tertiary/aromatic N) is 1. The van der Waals surface area contributed by atoms with Gasteiger partial charge in [-0.2, -0.15) is 0 Å². The molecule has 0 radical (unpaired) electrons. The van der Waals surface area contributed by atoms with Gasteiger partial charge < -0.3 is 5.32 Å². The molecule has 0 unspecified atom stereocenters. The van der Waals surface area contributed by atoms with Gasteiger partial charge in [-0.05, 0) is 42.0 Å². The van der Waals surface area contributed by atoms with Crippen molar-refractivity contribution in [2.75, 3.05) is 5.32 Å². The number of hydrogen-bond donors (Lipinski definition) is 2. The lowest BCUT2D eigenvalue weighted by Crippen LogP contribution is -2.29. The first kappa shape index (κ1) is 15.9. The predicted octanol–water partition coefficient (Wildman–Crippen LogP) is 4.59. The lowest BCUT2D eigenvalue weighted by Gasteiger charge is -2.04. The summed E-state index contributed by atoms with van der Waals surface area (Å²) in [4.78, 5) is 16.2. The van der Waals surface area contributed by atoms with Gasteiger partial charge in [-0.1, -0.05) is 46.9 Å². The third kappa shape index (κ3) is 3.85. The lowest BCUT2D eigenvalue weighted by atomic mass is 10.2. The molecule has 1 heterocycles. The van der Waals surface area contributed by atoms with Gasteiger partial charge in [-0.15, -0.1) is 0 Å². The highest BCUT2D eigenvalue weighted by atomic mass is 35.5. The first-order valence-electron chi connectivity index (χ1n) is 6.61. The molecule has 0 aliphatic carbocycles. The van der Waals surface area contributed by atoms with Gasteiger partial charge in [-0.3, -0.25) is 10.1 Å². The maximum atomic E-state index is 12.0. The van der Waals surface area contributed by atoms with Gasteiger partial charge in [0.1, 0.15) is 5.70 Å². The Labute approximate surface area is 147 Å². The molecule has 0 saturated carbocycles. The fraction of sp³-hybridized carbons (Fsp3) is 0. The second-order valence-electron chi connectivity index (χ2n) is 4.75. The SMILES string of the molecule is O=C1NC(Nc2cccc(Cl)c2)=N/C1=C/c1ccc(Cl)cc1Cl. The molecule has 116 valence electrons. The maximum Gasteiger partial charge on any atom is 0.276 e. The molecule has 0 aromatic heterocycles. The standard InChI is InChI=1S/C16H10Cl3N3O/c17-10-2-1-3-12(7-10)20-16-21-14(15(23)22-16)6-9-4-5-11(18)8-13(9)19/h1-8H,(H2,20,21,22,23)/b14-6+. The van der Waals surface area contributed by atoms with Crippen molar-refractivity contribution in [3.63, 3.8) is 0 Å². The molecule has 2 N–H and O–H groups in total. The van der Waals surface area contributed by atoms with Crippen LogP contribution in [0.4, 0.5) is 5.69 Å². The van der Waals surface area contributed by atoms with Gasteiger partial charge in [0.2, 0.25) is 5.96 Å². The molecular formula is C16H10Cl3N3O. The fourth-order valence-electron chi connectivity index (χ4n) is 2.00. The largest absolute Gasteiger partial charge is 0.326 e. The van der Waals surface area contributed by atoms with Crippen LogP contribution in [0.25, 0.3) is 6.08 Å². The van der Waals surface area contributed by atoms with E-state index in [0.717, 1.165) is 5.69 Å². The zero-order valence-corrected chi connectivity index (χ0v) is 13.9. The number of rotatable bonds is 2. The second kappa shape index (κ2) is 6.62. The number of guanidine groups is 1. The van der Waals surface area contributed by atoms with E-state index in [1.54, 1.807) is 42.5 Å². The van der Waals surface area contributed by atoms with Crippen LogP contribution in [0.1, 0.15) is 5.56 Å². The quantitative estimate of drug-likeness (QED) is 0.764. The van der Waals surface area contributed by atoms with E-state index >= 15 is 0 Å². The summed E-state index contributed by atoms with van der Waals surface area (Å²) in [5.74, 6) is 0.00847. The Hall–Kier alpha value is -2.01. The highest BCUT2D eigenvalue weighted by molar-refractivity contribution is 6.35. The molecular weight excluding hydrogens is 357 g/mol. The summed E-state index contributed by atoms with van der Waals surface area (Å²) in [7, 11) is 0. The number of aliphatic imine (C=N–C) groups is 1. The molecule has 23 heavy (non-hydrogen) atoms. The third-order valence-electron chi connectivity index (χ3n) is 3.04. The molecule has 1 amide bonds. The van der Waals surface area contributed by atoms with Crippen LogP contribution in [0.15, 0.2) is 53.2 Å². The number of benzene rings is 2. The molecule has 0 saturated heterocycles. The zero-order chi connectivity index (χ0) is 16.4. The minimum Gasteiger partial charge on any atom is -0.326 e. The van der Waals surface area contributed by atoms with Crippen molar-refractivity contribution in [1.29, 1.82) is 0 Å². The molecule has 0 spiro atoms. The van der Waals surface area contributed by atoms with Gasteiger partial charge >= 0.3 is 0 Å². The minimum atomic E-state index is -0.319. The van der Waals surface area contributed by atoms with Crippen LogP contribution in [0.5, 0.6) is 0 Å². The van der Waals surface area contributed by atoms with Crippen molar-refractivity contribution in [3.05, 3.63) is 68.8 Å². The van der Waals surface area contributed by atoms with E-state index in [1.807, 2.05) is 6.07 Å². The molecule has 0 fully saturated rings. The maximum absolute atomic E-state index is 12.0. The van der Waals surface area contributed by atoms with Gasteiger partial charge in [0.25, 0.3) is 5.91 Å². The van der Waals surface area contributed by atoms with Gasteiger partial charge in [0.05, 0.1) is 0 Å². The van der Waals surface area contributed by atoms with Crippen LogP contribution < -0.4 is 10.6 Å². The molecule has 4 nitrogen and oxygen atoms in total. The average Bonchev–Trinajstić information content (AvgIpc) is 2.82. The van der Waals surface area contributed by atoms with E-state index in [1.165, 1.54) is 0 Å². The van der Waals surface area contributed by atoms with Crippen molar-refractivity contribution in [1.82, 2.24) is 5.32 Å². The van der Waals surface area contributed by atoms with Crippen molar-refractivity contribution in [2.45, 2.75) is 0 Å². The Morgan fingerprint density at radius 2 is 1.83 bits per heavy atom. The van der Waals surface area contributed by atoms with E-state index in [4.69, 9.17) is 34.8 Å². The summed E-state index contributed by atoms with van der Waals surface area (Å²) < 4.78 is 0. The summed E-state index contributed by atoms with van der Waals surface area (Å²) in [6, 6.07) is 12.1. The van der Waals surface area contributed by atoms with E-state index in [0.29, 0.717) is 26.6 Å². The lowest BCUT2D eigenvalue weighted by molar-refractivity contribution is -0.115. The van der Waals surface area contributed by atoms with E-state index in [9.17, 15) is 4.79 Å². The van der Waals surface area contributed by atoms with Crippen LogP contribution in [0.2, 0.25) is 15.1 Å². The molecule has 2 aromatic carbocycles. The van der Waals surface area contributed by atoms with E-state index in [-0.39, 0.29) is 11.6 Å². The molecule has 1 aliphatic heterocycles. The van der Waals surface area contributed by atoms with Crippen LogP contribution in [-0.4, -0.2) is 11.9 Å². The number of amides is 1. The fourth-order valence-corrected chi connectivity index (χ4v) is 2.65. The zero-order valence-electron chi connectivity index (χ0n) is 11.6. The van der Waals surface area contributed by atoms with Gasteiger partial charge in [0, 0.05) is 20.8 Å². The van der Waals surface area contributed by atoms with E-state index < -0.39 is 0 Å². The highest BCUT2D eigenvalue weighted by Gasteiger charge is 2.20. The minimum absolute atomic E-state index is 0.249. The molecule has 0 bridgehead atoms. The van der Waals surface area contributed by atoms with Crippen LogP contribution >= 0.6 is 34.8 Å². The Morgan fingerprint density at radius 3 is 2.57 bits per heavy atom. The molecule has 1 aliphatic rings. The number of halogens is 3. The molecule has 3 rings (SSSR count). The highest BCUT2D eigenvalue weighted by Crippen LogP contribution is 2.24. The van der Waals surface area contributed by atoms with Crippen molar-refractivity contribution in [2.24, 2.45) is 4.99 Å². The number of carbonyl (C=O) groups excluding carboxylic acids is 1. The number of carbonyl (C=O) groups is 1. The topological polar surface area (TPSA) is 53.5 Å². The van der Waals surface area contributed by atoms with Gasteiger partial charge in [-0.25, -0.2) is 4.99 Å². The third-order valence-corrected chi connectivity index (χ3v) is 3.84. The van der Waals surface area contributed by atoms with Crippen molar-refractivity contribution in [3.8, 4) is 0 Å². The predicted molar refractivity (Wildman–Crippen MR) is 95.1 cm³/mol. The second-order valence-corrected chi connectivity index (χ2v) is 6.03. The Kier molecular flexibility index (Phi) is 4.57. The Bertz CT molecular complexity index is 846. The van der Waals surface area contributed by atoms with Crippen LogP contribution in [0, 0.1) is 0 Å². The summed E-state index contributed by atoms with van der Waals surface area (Å²) >= 11 is 17.9. The molecule has 2 aromatic rings. The molecule has 0 atom stereocenters. The summed E-state index contributed by atoms with van der Waals surface area (Å²) in [6.45, 7) is 0. The monoisotopic (exact) mass is 365 g/mol. The number of anilines is 1. The molecule has 7 heteroatoms. The van der Waals surface area contributed by atoms with Crippen LogP contribution in [0.3, 0.4) is 0 Å². The summed E-state index contributed by atoms with van der Waals surface area (Å²) in [6.07, 6.45) is 1.60. The Balaban J connectivity index is 1.85. The van der Waals surface area contributed by atoms with Crippen LogP contribution in [-0.2, 0) is 4.79 Å². The average molecular weight is 367 g/mol. The summed E-state index contributed by atoms with van der Waals surface area (Å²) in [5, 5.41) is 7.20. The Morgan fingerprint density at radius 1 is 1.04 bits per heavy atom. The summed E-state index contributed by atoms with van der Waals surface area (Å²) in [5.41, 5.74) is 1.63.